The summed E-state index contributed by atoms with van der Waals surface area (Å²) in [5.74, 6) is 0. The molecule has 95 valence electrons. The molecule has 1 radical (unpaired) electrons. The normalized spacial score (nSPS) is 25.9. The van der Waals surface area contributed by atoms with Crippen LogP contribution in [-0.2, 0) is 37.4 Å². The summed E-state index contributed by atoms with van der Waals surface area (Å²) < 4.78 is 5.45. The molecular weight excluding hydrogens is 289 g/mol. The quantitative estimate of drug-likeness (QED) is 0.801. The van der Waals surface area contributed by atoms with Crippen molar-refractivity contribution in [3.05, 3.63) is 12.8 Å². The smallest absolute Gasteiger partial charge is 0.0483 e. The van der Waals surface area contributed by atoms with E-state index >= 15 is 0 Å². The summed E-state index contributed by atoms with van der Waals surface area (Å²) in [5, 5.41) is 3.22. The summed E-state index contributed by atoms with van der Waals surface area (Å²) in [6.07, 6.45) is 6.33. The molecule has 0 aromatic carbocycles. The zero-order valence-corrected chi connectivity index (χ0v) is 13.7. The second-order valence-electron chi connectivity index (χ2n) is 5.20. The molecule has 2 fully saturated rings. The van der Waals surface area contributed by atoms with Gasteiger partial charge >= 0.3 is 0 Å². The van der Waals surface area contributed by atoms with E-state index in [0.29, 0.717) is 11.6 Å². The molecule has 0 atom stereocenters. The Morgan fingerprint density at radius 1 is 1.29 bits per heavy atom. The van der Waals surface area contributed by atoms with Crippen LogP contribution in [0.3, 0.4) is 0 Å². The zero-order valence-electron chi connectivity index (χ0n) is 10.8. The second-order valence-corrected chi connectivity index (χ2v) is 5.20. The van der Waals surface area contributed by atoms with Crippen LogP contribution in [0.2, 0.25) is 0 Å². The first-order valence-corrected chi connectivity index (χ1v) is 6.37. The predicted molar refractivity (Wildman–Crippen MR) is 65.1 cm³/mol. The number of hydrogen-bond acceptors (Lipinski definition) is 3. The van der Waals surface area contributed by atoms with Crippen LogP contribution in [0.15, 0.2) is 6.20 Å². The van der Waals surface area contributed by atoms with E-state index in [0.717, 1.165) is 13.2 Å². The fraction of sp³-hybridized carbons (Fsp3) is 0.846. The average Bonchev–Trinajstić information content (AvgIpc) is 2.31. The van der Waals surface area contributed by atoms with Crippen LogP contribution in [-0.4, -0.2) is 42.8 Å². The van der Waals surface area contributed by atoms with Crippen molar-refractivity contribution in [2.24, 2.45) is 0 Å². The number of ether oxygens (including phenoxy) is 1. The van der Waals surface area contributed by atoms with Gasteiger partial charge in [-0.15, -0.1) is 0 Å². The summed E-state index contributed by atoms with van der Waals surface area (Å²) in [5.41, 5.74) is 0.371. The van der Waals surface area contributed by atoms with E-state index < -0.39 is 0 Å². The van der Waals surface area contributed by atoms with Crippen LogP contribution < -0.4 is 5.32 Å². The third kappa shape index (κ3) is 4.02. The Balaban J connectivity index is 0.00000144. The number of likely N-dealkylation sites (tertiary alicyclic amines) is 1. The van der Waals surface area contributed by atoms with Gasteiger partial charge in [0.2, 0.25) is 0 Å². The van der Waals surface area contributed by atoms with Crippen molar-refractivity contribution in [3.8, 4) is 0 Å². The molecule has 0 saturated carbocycles. The molecule has 0 spiro atoms. The van der Waals surface area contributed by atoms with Gasteiger partial charge in [-0.3, -0.25) is 4.90 Å². The van der Waals surface area contributed by atoms with E-state index in [-0.39, 0.29) is 32.7 Å². The fourth-order valence-corrected chi connectivity index (χ4v) is 2.85. The Kier molecular flexibility index (Phi) is 6.64. The van der Waals surface area contributed by atoms with Crippen LogP contribution >= 0.6 is 0 Å². The average molecular weight is 312 g/mol. The molecule has 2 aliphatic rings. The van der Waals surface area contributed by atoms with Crippen molar-refractivity contribution in [1.29, 1.82) is 0 Å². The Hall–Kier alpha value is 0.564. The van der Waals surface area contributed by atoms with Gasteiger partial charge in [0.1, 0.15) is 0 Å². The van der Waals surface area contributed by atoms with Gasteiger partial charge < -0.3 is 16.6 Å². The van der Waals surface area contributed by atoms with Crippen molar-refractivity contribution >= 4 is 0 Å². The van der Waals surface area contributed by atoms with E-state index in [2.05, 4.69) is 17.1 Å². The van der Waals surface area contributed by atoms with Gasteiger partial charge in [0.05, 0.1) is 0 Å². The molecule has 0 aliphatic carbocycles. The monoisotopic (exact) mass is 312 g/mol. The summed E-state index contributed by atoms with van der Waals surface area (Å²) in [6.45, 7) is 12.0. The van der Waals surface area contributed by atoms with Gasteiger partial charge in [0.25, 0.3) is 0 Å². The third-order valence-electron chi connectivity index (χ3n) is 4.16. The summed E-state index contributed by atoms with van der Waals surface area (Å²) in [4.78, 5) is 2.64. The topological polar surface area (TPSA) is 24.5 Å². The first-order chi connectivity index (χ1) is 7.74. The predicted octanol–water partition coefficient (Wildman–Crippen LogP) is 1.55. The van der Waals surface area contributed by atoms with Crippen molar-refractivity contribution in [1.82, 2.24) is 10.2 Å². The SMILES string of the molecule is [CH-]=CNC1CCN(C2(C)CCOCC2)CC1.[Y]. The molecule has 0 amide bonds. The first kappa shape index (κ1) is 15.6. The van der Waals surface area contributed by atoms with Crippen LogP contribution in [0.4, 0.5) is 0 Å². The van der Waals surface area contributed by atoms with Gasteiger partial charge in [-0.25, -0.2) is 0 Å². The van der Waals surface area contributed by atoms with Crippen LogP contribution in [0.5, 0.6) is 0 Å². The van der Waals surface area contributed by atoms with Gasteiger partial charge in [-0.1, -0.05) is 0 Å². The number of nitrogens with zero attached hydrogens (tertiary/aromatic N) is 1. The van der Waals surface area contributed by atoms with Gasteiger partial charge in [-0.05, 0) is 32.6 Å². The second kappa shape index (κ2) is 7.23. The minimum absolute atomic E-state index is 0. The Morgan fingerprint density at radius 3 is 2.41 bits per heavy atom. The summed E-state index contributed by atoms with van der Waals surface area (Å²) in [6, 6.07) is 0.574. The standard InChI is InChI=1S/C13H23N2O.Y/c1-3-14-12-4-8-15(9-5-12)13(2)6-10-16-11-7-13;/h1,3,12,14H,4-11H2,2H3;/q-1;. The van der Waals surface area contributed by atoms with Crippen LogP contribution in [0.1, 0.15) is 32.6 Å². The van der Waals surface area contributed by atoms with Crippen LogP contribution in [0.25, 0.3) is 0 Å². The molecule has 1 N–H and O–H groups in total. The van der Waals surface area contributed by atoms with Crippen molar-refractivity contribution in [3.63, 3.8) is 0 Å². The van der Waals surface area contributed by atoms with E-state index in [1.165, 1.54) is 38.8 Å². The first-order valence-electron chi connectivity index (χ1n) is 6.37. The van der Waals surface area contributed by atoms with Crippen molar-refractivity contribution in [2.45, 2.75) is 44.2 Å². The molecule has 3 nitrogen and oxygen atoms in total. The molecule has 2 saturated heterocycles. The van der Waals surface area contributed by atoms with E-state index in [1.54, 1.807) is 6.20 Å². The molecule has 2 rings (SSSR count). The fourth-order valence-electron chi connectivity index (χ4n) is 2.85. The zero-order chi connectivity index (χ0) is 11.4. The van der Waals surface area contributed by atoms with Gasteiger partial charge in [0, 0.05) is 70.6 Å². The Morgan fingerprint density at radius 2 is 1.88 bits per heavy atom. The largest absolute Gasteiger partial charge is 0.497 e. The van der Waals surface area contributed by atoms with E-state index in [4.69, 9.17) is 11.3 Å². The maximum absolute atomic E-state index is 5.45. The minimum Gasteiger partial charge on any atom is -0.497 e. The van der Waals surface area contributed by atoms with Crippen molar-refractivity contribution < 1.29 is 37.4 Å². The van der Waals surface area contributed by atoms with Crippen LogP contribution in [0, 0.1) is 6.58 Å². The van der Waals surface area contributed by atoms with Crippen molar-refractivity contribution in [2.75, 3.05) is 26.3 Å². The Bertz CT molecular complexity index is 234. The molecule has 0 bridgehead atoms. The minimum atomic E-state index is 0. The van der Waals surface area contributed by atoms with Gasteiger partial charge in [-0.2, -0.15) is 6.20 Å². The van der Waals surface area contributed by atoms with E-state index in [1.807, 2.05) is 0 Å². The van der Waals surface area contributed by atoms with Gasteiger partial charge in [0.15, 0.2) is 0 Å². The molecular formula is C13H23N2OY-. The molecule has 17 heavy (non-hydrogen) atoms. The van der Waals surface area contributed by atoms with E-state index in [9.17, 15) is 0 Å². The maximum atomic E-state index is 5.45. The Labute approximate surface area is 130 Å². The maximum Gasteiger partial charge on any atom is 0.0483 e. The molecule has 2 heterocycles. The molecule has 0 aromatic heterocycles. The molecule has 4 heteroatoms. The molecule has 0 aromatic rings. The summed E-state index contributed by atoms with van der Waals surface area (Å²) in [7, 11) is 0. The number of hydrogen-bond donors (Lipinski definition) is 1. The number of nitrogens with one attached hydrogen (secondary N) is 1. The molecule has 2 aliphatic heterocycles. The number of rotatable bonds is 3. The molecule has 0 unspecified atom stereocenters. The third-order valence-corrected chi connectivity index (χ3v) is 4.16. The number of piperidine rings is 1. The summed E-state index contributed by atoms with van der Waals surface area (Å²) >= 11 is 0.